The number of pyridine rings is 1. The molecule has 0 saturated heterocycles. The number of nitrogens with zero attached hydrogens (tertiary/aromatic N) is 2. The summed E-state index contributed by atoms with van der Waals surface area (Å²) in [5.74, 6) is 0.409. The van der Waals surface area contributed by atoms with Crippen molar-refractivity contribution in [3.8, 4) is 17.0 Å². The molecule has 0 saturated carbocycles. The molecule has 188 valence electrons. The maximum absolute atomic E-state index is 12.3. The Balaban J connectivity index is 1.93. The molecule has 3 aromatic rings. The fourth-order valence-corrected chi connectivity index (χ4v) is 4.54. The highest BCUT2D eigenvalue weighted by Gasteiger charge is 2.28. The monoisotopic (exact) mass is 479 g/mol. The van der Waals surface area contributed by atoms with Gasteiger partial charge >= 0.3 is 11.9 Å². The molecule has 0 aliphatic heterocycles. The topological polar surface area (TPSA) is 81.9 Å². The van der Waals surface area contributed by atoms with Crippen LogP contribution in [0.1, 0.15) is 66.4 Å². The summed E-state index contributed by atoms with van der Waals surface area (Å²) < 4.78 is 12.5. The molecule has 1 aromatic carbocycles. The molecule has 0 atom stereocenters. The zero-order valence-corrected chi connectivity index (χ0v) is 21.9. The third kappa shape index (κ3) is 7.07. The van der Waals surface area contributed by atoms with Gasteiger partial charge in [0.15, 0.2) is 0 Å². The van der Waals surface area contributed by atoms with Gasteiger partial charge in [0, 0.05) is 17.3 Å². The van der Waals surface area contributed by atoms with E-state index in [-0.39, 0.29) is 30.4 Å². The molecule has 2 aromatic heterocycles. The average molecular weight is 480 g/mol. The number of rotatable bonds is 9. The summed E-state index contributed by atoms with van der Waals surface area (Å²) in [6, 6.07) is 11.4. The Kier molecular flexibility index (Phi) is 7.88. The van der Waals surface area contributed by atoms with Crippen molar-refractivity contribution >= 4 is 23.4 Å². The van der Waals surface area contributed by atoms with Gasteiger partial charge in [-0.1, -0.05) is 39.0 Å². The summed E-state index contributed by atoms with van der Waals surface area (Å²) in [7, 11) is 0. The number of ether oxygens (including phenoxy) is 2. The Bertz CT molecular complexity index is 1200. The van der Waals surface area contributed by atoms with E-state index < -0.39 is 11.9 Å². The van der Waals surface area contributed by atoms with Gasteiger partial charge in [0.1, 0.15) is 22.9 Å². The van der Waals surface area contributed by atoms with Crippen LogP contribution in [0.4, 0.5) is 5.82 Å². The minimum absolute atomic E-state index is 0.00496. The minimum atomic E-state index is -0.481. The van der Waals surface area contributed by atoms with Gasteiger partial charge in [-0.05, 0) is 63.3 Å². The van der Waals surface area contributed by atoms with Crippen LogP contribution in [0.2, 0.25) is 0 Å². The zero-order chi connectivity index (χ0) is 25.8. The summed E-state index contributed by atoms with van der Waals surface area (Å²) in [5.41, 5.74) is 3.50. The molecule has 0 unspecified atom stereocenters. The zero-order valence-electron chi connectivity index (χ0n) is 21.9. The molecule has 1 N–H and O–H groups in total. The number of aromatic nitrogens is 2. The Labute approximate surface area is 207 Å². The largest absolute Gasteiger partial charge is 0.466 e. The lowest BCUT2D eigenvalue weighted by atomic mass is 9.82. The fraction of sp³-hybridized carbons (Fsp3) is 0.464. The van der Waals surface area contributed by atoms with E-state index in [1.54, 1.807) is 19.1 Å². The minimum Gasteiger partial charge on any atom is -0.466 e. The first-order valence-corrected chi connectivity index (χ1v) is 12.1. The van der Waals surface area contributed by atoms with Gasteiger partial charge in [-0.3, -0.25) is 14.0 Å². The second-order valence-electron chi connectivity index (χ2n) is 10.7. The van der Waals surface area contributed by atoms with Crippen molar-refractivity contribution < 1.29 is 19.1 Å². The quantitative estimate of drug-likeness (QED) is 0.291. The lowest BCUT2D eigenvalue weighted by Gasteiger charge is -2.34. The predicted octanol–water partition coefficient (Wildman–Crippen LogP) is 6.19. The molecule has 7 heteroatoms. The van der Waals surface area contributed by atoms with Gasteiger partial charge in [-0.15, -0.1) is 0 Å². The van der Waals surface area contributed by atoms with Crippen LogP contribution in [0, 0.1) is 12.3 Å². The number of benzene rings is 1. The molecule has 0 bridgehead atoms. The predicted molar refractivity (Wildman–Crippen MR) is 139 cm³/mol. The van der Waals surface area contributed by atoms with Crippen molar-refractivity contribution in [3.05, 3.63) is 48.2 Å². The van der Waals surface area contributed by atoms with Crippen molar-refractivity contribution in [1.82, 2.24) is 9.38 Å². The first kappa shape index (κ1) is 26.3. The lowest BCUT2D eigenvalue weighted by Crippen LogP contribution is -2.36. The normalized spacial score (nSPS) is 12.0. The maximum Gasteiger partial charge on any atom is 0.311 e. The standard InChI is InChI=1S/C28H37N3O4/c1-8-34-22(32)14-15-23(33)35-21-13-9-12-20(17-21)24-26(30-28(6,7)18-27(3,4)5)31-16-10-11-19(2)25(31)29-24/h9-13,16-17,30H,8,14-15,18H2,1-7H3. The highest BCUT2D eigenvalue weighted by Crippen LogP contribution is 2.36. The van der Waals surface area contributed by atoms with Gasteiger partial charge in [0.2, 0.25) is 0 Å². The third-order valence-electron chi connectivity index (χ3n) is 5.45. The first-order valence-electron chi connectivity index (χ1n) is 12.1. The molecule has 0 amide bonds. The Morgan fingerprint density at radius 2 is 1.74 bits per heavy atom. The Hall–Kier alpha value is -3.35. The van der Waals surface area contributed by atoms with E-state index in [2.05, 4.69) is 44.3 Å². The van der Waals surface area contributed by atoms with Crippen LogP contribution in [-0.2, 0) is 14.3 Å². The van der Waals surface area contributed by atoms with Crippen LogP contribution in [0.5, 0.6) is 5.75 Å². The molecular weight excluding hydrogens is 442 g/mol. The number of carbonyl (C=O) groups is 2. The van der Waals surface area contributed by atoms with Gasteiger partial charge in [-0.2, -0.15) is 0 Å². The fourth-order valence-electron chi connectivity index (χ4n) is 4.54. The van der Waals surface area contributed by atoms with Crippen molar-refractivity contribution in [2.45, 2.75) is 73.3 Å². The van der Waals surface area contributed by atoms with E-state index in [1.807, 2.05) is 37.4 Å². The Morgan fingerprint density at radius 3 is 2.43 bits per heavy atom. The summed E-state index contributed by atoms with van der Waals surface area (Å²) in [6.45, 7) is 15.1. The number of anilines is 1. The van der Waals surface area contributed by atoms with Crippen LogP contribution in [-0.4, -0.2) is 33.5 Å². The van der Waals surface area contributed by atoms with Gasteiger partial charge in [0.05, 0.1) is 19.4 Å². The maximum atomic E-state index is 12.3. The summed E-state index contributed by atoms with van der Waals surface area (Å²) in [5, 5.41) is 3.74. The van der Waals surface area contributed by atoms with Crippen molar-refractivity contribution in [2.24, 2.45) is 5.41 Å². The van der Waals surface area contributed by atoms with Crippen molar-refractivity contribution in [2.75, 3.05) is 11.9 Å². The number of hydrogen-bond acceptors (Lipinski definition) is 6. The summed E-state index contributed by atoms with van der Waals surface area (Å²) in [4.78, 5) is 28.8. The Morgan fingerprint density at radius 1 is 1.03 bits per heavy atom. The number of hydrogen-bond donors (Lipinski definition) is 1. The lowest BCUT2D eigenvalue weighted by molar-refractivity contribution is -0.146. The molecule has 0 fully saturated rings. The van der Waals surface area contributed by atoms with Crippen molar-refractivity contribution in [1.29, 1.82) is 0 Å². The van der Waals surface area contributed by atoms with E-state index in [1.165, 1.54) is 0 Å². The van der Waals surface area contributed by atoms with Crippen molar-refractivity contribution in [3.63, 3.8) is 0 Å². The molecule has 0 radical (unpaired) electrons. The van der Waals surface area contributed by atoms with Crippen LogP contribution in [0.25, 0.3) is 16.9 Å². The summed E-state index contributed by atoms with van der Waals surface area (Å²) in [6.07, 6.45) is 2.92. The number of carbonyl (C=O) groups excluding carboxylic acids is 2. The van der Waals surface area contributed by atoms with Crippen LogP contribution in [0.3, 0.4) is 0 Å². The first-order chi connectivity index (χ1) is 16.4. The number of esters is 2. The summed E-state index contributed by atoms with van der Waals surface area (Å²) >= 11 is 0. The van der Waals surface area contributed by atoms with Crippen LogP contribution < -0.4 is 10.1 Å². The van der Waals surface area contributed by atoms with Crippen LogP contribution >= 0.6 is 0 Å². The highest BCUT2D eigenvalue weighted by atomic mass is 16.5. The van der Waals surface area contributed by atoms with Gasteiger partial charge in [0.25, 0.3) is 0 Å². The number of imidazole rings is 1. The molecule has 0 aliphatic rings. The molecule has 0 spiro atoms. The second kappa shape index (κ2) is 10.5. The number of fused-ring (bicyclic) bond motifs is 1. The van der Waals surface area contributed by atoms with Gasteiger partial charge in [-0.25, -0.2) is 4.98 Å². The molecule has 3 rings (SSSR count). The molecule has 35 heavy (non-hydrogen) atoms. The molecule has 0 aliphatic carbocycles. The number of nitrogens with one attached hydrogen (secondary N) is 1. The second-order valence-corrected chi connectivity index (χ2v) is 10.7. The van der Waals surface area contributed by atoms with E-state index in [0.717, 1.165) is 34.7 Å². The van der Waals surface area contributed by atoms with Crippen LogP contribution in [0.15, 0.2) is 42.6 Å². The van der Waals surface area contributed by atoms with E-state index in [0.29, 0.717) is 5.75 Å². The molecular formula is C28H37N3O4. The van der Waals surface area contributed by atoms with E-state index in [4.69, 9.17) is 14.5 Å². The van der Waals surface area contributed by atoms with Gasteiger partial charge < -0.3 is 14.8 Å². The number of aryl methyl sites for hydroxylation is 1. The van der Waals surface area contributed by atoms with E-state index in [9.17, 15) is 9.59 Å². The highest BCUT2D eigenvalue weighted by molar-refractivity contribution is 5.81. The smallest absolute Gasteiger partial charge is 0.311 e. The molecule has 7 nitrogen and oxygen atoms in total. The SMILES string of the molecule is CCOC(=O)CCC(=O)Oc1cccc(-c2nc3c(C)cccn3c2NC(C)(C)CC(C)(C)C)c1. The average Bonchev–Trinajstić information content (AvgIpc) is 3.10. The third-order valence-corrected chi connectivity index (χ3v) is 5.45. The molecule has 2 heterocycles. The van der Waals surface area contributed by atoms with E-state index >= 15 is 0 Å².